The topological polar surface area (TPSA) is 76.1 Å². The molecule has 0 spiro atoms. The van der Waals surface area contributed by atoms with Crippen LogP contribution in [0.3, 0.4) is 0 Å². The van der Waals surface area contributed by atoms with E-state index in [1.807, 2.05) is 31.5 Å². The molecule has 0 amide bonds. The van der Waals surface area contributed by atoms with Crippen molar-refractivity contribution in [2.75, 3.05) is 37.6 Å². The summed E-state index contributed by atoms with van der Waals surface area (Å²) in [6.45, 7) is 7.33. The molecule has 0 radical (unpaired) electrons. The lowest BCUT2D eigenvalue weighted by molar-refractivity contribution is 0.309. The van der Waals surface area contributed by atoms with Gasteiger partial charge >= 0.3 is 0 Å². The zero-order valence-corrected chi connectivity index (χ0v) is 15.4. The molecule has 2 atom stereocenters. The van der Waals surface area contributed by atoms with Crippen molar-refractivity contribution in [3.05, 3.63) is 48.7 Å². The highest BCUT2D eigenvalue weighted by Crippen LogP contribution is 2.33. The number of rotatable bonds is 5. The average Bonchev–Trinajstić information content (AvgIpc) is 3.44. The number of fused-ring (bicyclic) bond motifs is 1. The third-order valence-electron chi connectivity index (χ3n) is 5.61. The number of hydrogen-bond donors (Lipinski definition) is 0. The summed E-state index contributed by atoms with van der Waals surface area (Å²) in [5.74, 6) is 4.94. The first-order valence-electron chi connectivity index (χ1n) is 9.45. The second-order valence-corrected chi connectivity index (χ2v) is 7.47. The maximum atomic E-state index is 5.59. The van der Waals surface area contributed by atoms with Gasteiger partial charge in [-0.25, -0.2) is 19.6 Å². The van der Waals surface area contributed by atoms with Crippen molar-refractivity contribution in [3.63, 3.8) is 0 Å². The fraction of sp³-hybridized carbons (Fsp3) is 0.474. The van der Waals surface area contributed by atoms with Crippen LogP contribution in [0.15, 0.2) is 41.5 Å². The standard InChI is InChI=1S/C19H23N7O/c1-14-20-8-17(27-14)3-6-24-9-15-11-25(12-16(15)10-24)18-7-19(22-13-21-18)26-5-2-4-23-26/h2,4-5,7-8,13,15-16H,3,6,9-12H2,1H3. The quantitative estimate of drug-likeness (QED) is 0.679. The first-order valence-corrected chi connectivity index (χ1v) is 9.45. The lowest BCUT2D eigenvalue weighted by atomic mass is 10.0. The second-order valence-electron chi connectivity index (χ2n) is 7.47. The van der Waals surface area contributed by atoms with Gasteiger partial charge in [0.2, 0.25) is 0 Å². The van der Waals surface area contributed by atoms with Crippen LogP contribution in [0.1, 0.15) is 11.7 Å². The van der Waals surface area contributed by atoms with Gasteiger partial charge in [0.1, 0.15) is 17.9 Å². The van der Waals surface area contributed by atoms with Crippen molar-refractivity contribution in [2.45, 2.75) is 13.3 Å². The minimum Gasteiger partial charge on any atom is -0.446 e. The molecule has 2 fully saturated rings. The van der Waals surface area contributed by atoms with Crippen molar-refractivity contribution in [1.82, 2.24) is 29.6 Å². The first-order chi connectivity index (χ1) is 13.2. The van der Waals surface area contributed by atoms with Crippen molar-refractivity contribution in [2.24, 2.45) is 11.8 Å². The van der Waals surface area contributed by atoms with Crippen molar-refractivity contribution >= 4 is 5.82 Å². The van der Waals surface area contributed by atoms with Crippen molar-refractivity contribution in [1.29, 1.82) is 0 Å². The molecular formula is C19H23N7O. The fourth-order valence-electron chi connectivity index (χ4n) is 4.29. The number of anilines is 1. The van der Waals surface area contributed by atoms with Crippen LogP contribution in [0.25, 0.3) is 5.82 Å². The van der Waals surface area contributed by atoms with Gasteiger partial charge in [-0.15, -0.1) is 0 Å². The molecule has 8 heteroatoms. The van der Waals surface area contributed by atoms with Crippen LogP contribution in [-0.2, 0) is 6.42 Å². The van der Waals surface area contributed by atoms with E-state index in [1.165, 1.54) is 0 Å². The summed E-state index contributed by atoms with van der Waals surface area (Å²) >= 11 is 0. The smallest absolute Gasteiger partial charge is 0.191 e. The number of aryl methyl sites for hydroxylation is 1. The molecular weight excluding hydrogens is 342 g/mol. The van der Waals surface area contributed by atoms with Crippen LogP contribution in [0.2, 0.25) is 0 Å². The second kappa shape index (κ2) is 6.77. The number of likely N-dealkylation sites (tertiary alicyclic amines) is 1. The summed E-state index contributed by atoms with van der Waals surface area (Å²) in [4.78, 5) is 18.0. The molecule has 3 aromatic rings. The Hall–Kier alpha value is -2.74. The zero-order chi connectivity index (χ0) is 18.2. The van der Waals surface area contributed by atoms with E-state index in [0.717, 1.165) is 62.4 Å². The Kier molecular flexibility index (Phi) is 4.12. The highest BCUT2D eigenvalue weighted by Gasteiger charge is 2.40. The van der Waals surface area contributed by atoms with Crippen LogP contribution in [0.4, 0.5) is 5.82 Å². The van der Waals surface area contributed by atoms with Gasteiger partial charge in [0.05, 0.1) is 6.20 Å². The van der Waals surface area contributed by atoms with E-state index in [4.69, 9.17) is 4.42 Å². The third kappa shape index (κ3) is 3.32. The van der Waals surface area contributed by atoms with Gasteiger partial charge in [-0.1, -0.05) is 0 Å². The lowest BCUT2D eigenvalue weighted by Crippen LogP contribution is -2.30. The minimum atomic E-state index is 0.699. The van der Waals surface area contributed by atoms with Crippen LogP contribution in [0.5, 0.6) is 0 Å². The summed E-state index contributed by atoms with van der Waals surface area (Å²) in [5, 5.41) is 4.26. The maximum absolute atomic E-state index is 5.59. The normalized spacial score (nSPS) is 22.5. The van der Waals surface area contributed by atoms with Crippen LogP contribution < -0.4 is 4.90 Å². The van der Waals surface area contributed by atoms with Crippen molar-refractivity contribution in [3.8, 4) is 5.82 Å². The van der Waals surface area contributed by atoms with E-state index >= 15 is 0 Å². The zero-order valence-electron chi connectivity index (χ0n) is 15.4. The average molecular weight is 365 g/mol. The molecule has 3 aromatic heterocycles. The Morgan fingerprint density at radius 2 is 1.89 bits per heavy atom. The van der Waals surface area contributed by atoms with E-state index in [0.29, 0.717) is 11.8 Å². The largest absolute Gasteiger partial charge is 0.446 e. The van der Waals surface area contributed by atoms with E-state index < -0.39 is 0 Å². The molecule has 0 saturated carbocycles. The summed E-state index contributed by atoms with van der Waals surface area (Å²) in [5.41, 5.74) is 0. The number of aromatic nitrogens is 5. The van der Waals surface area contributed by atoms with Gasteiger partial charge in [0.15, 0.2) is 11.7 Å². The molecule has 140 valence electrons. The molecule has 0 N–H and O–H groups in total. The third-order valence-corrected chi connectivity index (χ3v) is 5.61. The van der Waals surface area contributed by atoms with Gasteiger partial charge in [-0.3, -0.25) is 0 Å². The van der Waals surface area contributed by atoms with Crippen LogP contribution >= 0.6 is 0 Å². The SMILES string of the molecule is Cc1ncc(CCN2CC3CN(c4cc(-n5cccn5)ncn4)CC3C2)o1. The predicted octanol–water partition coefficient (Wildman–Crippen LogP) is 1.57. The van der Waals surface area contributed by atoms with Gasteiger partial charge in [0, 0.05) is 64.5 Å². The van der Waals surface area contributed by atoms with E-state index in [9.17, 15) is 0 Å². The molecule has 2 aliphatic rings. The molecule has 2 saturated heterocycles. The number of hydrogen-bond acceptors (Lipinski definition) is 7. The Bertz CT molecular complexity index is 892. The molecule has 2 unspecified atom stereocenters. The number of nitrogens with zero attached hydrogens (tertiary/aromatic N) is 7. The molecule has 0 aliphatic carbocycles. The molecule has 8 nitrogen and oxygen atoms in total. The summed E-state index contributed by atoms with van der Waals surface area (Å²) < 4.78 is 7.36. The van der Waals surface area contributed by atoms with E-state index in [-0.39, 0.29) is 0 Å². The molecule has 27 heavy (non-hydrogen) atoms. The van der Waals surface area contributed by atoms with Gasteiger partial charge in [-0.2, -0.15) is 5.10 Å². The maximum Gasteiger partial charge on any atom is 0.191 e. The van der Waals surface area contributed by atoms with Crippen molar-refractivity contribution < 1.29 is 4.42 Å². The summed E-state index contributed by atoms with van der Waals surface area (Å²) in [6.07, 6.45) is 8.07. The highest BCUT2D eigenvalue weighted by molar-refractivity contribution is 5.44. The molecule has 0 bridgehead atoms. The van der Waals surface area contributed by atoms with Gasteiger partial charge < -0.3 is 14.2 Å². The predicted molar refractivity (Wildman–Crippen MR) is 99.7 cm³/mol. The Morgan fingerprint density at radius 1 is 1.07 bits per heavy atom. The Morgan fingerprint density at radius 3 is 2.59 bits per heavy atom. The minimum absolute atomic E-state index is 0.699. The fourth-order valence-corrected chi connectivity index (χ4v) is 4.29. The molecule has 5 heterocycles. The summed E-state index contributed by atoms with van der Waals surface area (Å²) in [6, 6.07) is 3.93. The Labute approximate surface area is 157 Å². The summed E-state index contributed by atoms with van der Waals surface area (Å²) in [7, 11) is 0. The molecule has 0 aromatic carbocycles. The highest BCUT2D eigenvalue weighted by atomic mass is 16.3. The molecule has 2 aliphatic heterocycles. The van der Waals surface area contributed by atoms with Crippen LogP contribution in [0, 0.1) is 18.8 Å². The Balaban J connectivity index is 1.19. The van der Waals surface area contributed by atoms with Gasteiger partial charge in [-0.05, 0) is 17.9 Å². The van der Waals surface area contributed by atoms with E-state index in [1.54, 1.807) is 17.2 Å². The molecule has 5 rings (SSSR count). The monoisotopic (exact) mass is 365 g/mol. The lowest BCUT2D eigenvalue weighted by Gasteiger charge is -2.22. The van der Waals surface area contributed by atoms with E-state index in [2.05, 4.69) is 29.9 Å². The van der Waals surface area contributed by atoms with Crippen LogP contribution in [-0.4, -0.2) is 62.4 Å². The first kappa shape index (κ1) is 16.4. The van der Waals surface area contributed by atoms with Gasteiger partial charge in [0.25, 0.3) is 0 Å². The number of oxazole rings is 1.